The van der Waals surface area contributed by atoms with Gasteiger partial charge in [0.05, 0.1) is 22.2 Å². The maximum absolute atomic E-state index is 5.53. The maximum Gasteiger partial charge on any atom is 0.235 e. The van der Waals surface area contributed by atoms with Crippen LogP contribution in [0.4, 0.5) is 0 Å². The smallest absolute Gasteiger partial charge is 0.235 e. The average molecular weight is 704 g/mol. The molecule has 3 aromatic heterocycles. The van der Waals surface area contributed by atoms with E-state index < -0.39 is 0 Å². The Labute approximate surface area is 314 Å². The molecule has 0 amide bonds. The van der Waals surface area contributed by atoms with Crippen LogP contribution in [0, 0.1) is 0 Å². The van der Waals surface area contributed by atoms with Gasteiger partial charge in [-0.15, -0.1) is 11.3 Å². The van der Waals surface area contributed by atoms with Gasteiger partial charge in [-0.3, -0.25) is 4.57 Å². The third-order valence-electron chi connectivity index (χ3n) is 11.2. The number of nitrogens with zero attached hydrogens (tertiary/aromatic N) is 3. The lowest BCUT2D eigenvalue weighted by molar-refractivity contribution is 1.02. The van der Waals surface area contributed by atoms with Crippen LogP contribution in [-0.4, -0.2) is 14.5 Å². The SMILES string of the molecule is c1ccc(-c2nc(-n3c4ccc5ccccc5c4c4cccc(-c5cccc6c5sc5ccc7ccccc7c56)c43)nc3c2ccc2ccccc23)cc1. The molecule has 9 aromatic carbocycles. The van der Waals surface area contributed by atoms with Crippen LogP contribution in [0.5, 0.6) is 0 Å². The number of thiophene rings is 1. The van der Waals surface area contributed by atoms with Crippen LogP contribution in [0.25, 0.3) is 114 Å². The lowest BCUT2D eigenvalue weighted by Crippen LogP contribution is -2.04. The number of rotatable bonds is 3. The average Bonchev–Trinajstić information content (AvgIpc) is 3.80. The summed E-state index contributed by atoms with van der Waals surface area (Å²) in [5.74, 6) is 0.662. The Morgan fingerprint density at radius 3 is 1.81 bits per heavy atom. The highest BCUT2D eigenvalue weighted by molar-refractivity contribution is 7.26. The highest BCUT2D eigenvalue weighted by Gasteiger charge is 2.23. The van der Waals surface area contributed by atoms with E-state index in [0.29, 0.717) is 5.95 Å². The zero-order valence-corrected chi connectivity index (χ0v) is 29.8. The van der Waals surface area contributed by atoms with E-state index in [1.165, 1.54) is 58.1 Å². The van der Waals surface area contributed by atoms with Crippen LogP contribution in [0.1, 0.15) is 0 Å². The minimum absolute atomic E-state index is 0.662. The van der Waals surface area contributed by atoms with Crippen molar-refractivity contribution in [1.29, 1.82) is 0 Å². The molecule has 0 radical (unpaired) electrons. The first-order valence-electron chi connectivity index (χ1n) is 18.3. The molecule has 4 heteroatoms. The lowest BCUT2D eigenvalue weighted by Gasteiger charge is -2.15. The van der Waals surface area contributed by atoms with Gasteiger partial charge in [0.25, 0.3) is 0 Å². The van der Waals surface area contributed by atoms with E-state index in [2.05, 4.69) is 180 Å². The van der Waals surface area contributed by atoms with Crippen molar-refractivity contribution >= 4 is 96.5 Å². The molecule has 12 rings (SSSR count). The van der Waals surface area contributed by atoms with Crippen molar-refractivity contribution in [3.63, 3.8) is 0 Å². The van der Waals surface area contributed by atoms with E-state index in [9.17, 15) is 0 Å². The molecule has 0 saturated heterocycles. The Kier molecular flexibility index (Phi) is 6.21. The molecule has 0 saturated carbocycles. The van der Waals surface area contributed by atoms with Crippen molar-refractivity contribution in [3.05, 3.63) is 176 Å². The monoisotopic (exact) mass is 703 g/mol. The summed E-state index contributed by atoms with van der Waals surface area (Å²) < 4.78 is 4.92. The Hall–Kier alpha value is -6.88. The van der Waals surface area contributed by atoms with Gasteiger partial charge in [0.2, 0.25) is 5.95 Å². The van der Waals surface area contributed by atoms with Crippen LogP contribution < -0.4 is 0 Å². The molecule has 0 aliphatic rings. The molecule has 12 aromatic rings. The number of para-hydroxylation sites is 1. The maximum atomic E-state index is 5.53. The molecule has 0 N–H and O–H groups in total. The van der Waals surface area contributed by atoms with Gasteiger partial charge in [-0.25, -0.2) is 9.97 Å². The number of benzene rings is 9. The van der Waals surface area contributed by atoms with Gasteiger partial charge in [-0.1, -0.05) is 158 Å². The fraction of sp³-hybridized carbons (Fsp3) is 0. The molecular formula is C50H29N3S. The first-order valence-corrected chi connectivity index (χ1v) is 19.2. The van der Waals surface area contributed by atoms with Crippen LogP contribution in [0.15, 0.2) is 176 Å². The summed E-state index contributed by atoms with van der Waals surface area (Å²) in [6.45, 7) is 0. The fourth-order valence-corrected chi connectivity index (χ4v) is 10.1. The molecule has 0 atom stereocenters. The molecule has 3 nitrogen and oxygen atoms in total. The van der Waals surface area contributed by atoms with E-state index >= 15 is 0 Å². The summed E-state index contributed by atoms with van der Waals surface area (Å²) in [6.07, 6.45) is 0. The van der Waals surface area contributed by atoms with Crippen molar-refractivity contribution in [2.75, 3.05) is 0 Å². The predicted molar refractivity (Wildman–Crippen MR) is 230 cm³/mol. The summed E-state index contributed by atoms with van der Waals surface area (Å²) in [5, 5.41) is 13.3. The Morgan fingerprint density at radius 1 is 0.407 bits per heavy atom. The van der Waals surface area contributed by atoms with Gasteiger partial charge in [0.15, 0.2) is 0 Å². The first kappa shape index (κ1) is 29.7. The zero-order chi connectivity index (χ0) is 35.3. The summed E-state index contributed by atoms with van der Waals surface area (Å²) in [7, 11) is 0. The first-order chi connectivity index (χ1) is 26.8. The van der Waals surface area contributed by atoms with Crippen molar-refractivity contribution in [1.82, 2.24) is 14.5 Å². The summed E-state index contributed by atoms with van der Waals surface area (Å²) >= 11 is 1.88. The van der Waals surface area contributed by atoms with Crippen LogP contribution in [0.3, 0.4) is 0 Å². The molecule has 3 heterocycles. The predicted octanol–water partition coefficient (Wildman–Crippen LogP) is 13.9. The number of hydrogen-bond acceptors (Lipinski definition) is 3. The van der Waals surface area contributed by atoms with Crippen molar-refractivity contribution in [3.8, 4) is 28.3 Å². The van der Waals surface area contributed by atoms with E-state index in [1.54, 1.807) is 0 Å². The molecule has 0 aliphatic heterocycles. The standard InChI is InChI=1S/C50H29N3S/c1-2-15-33(16-3-1)46-41-27-24-32-14-6-9-19-36(32)47(41)52-50(51-46)53-42-28-25-30-12-4-7-17-34(30)44(42)39-22-10-20-37(48(39)53)38-21-11-23-40-45-35-18-8-5-13-31(35)26-29-43(45)54-49(38)40/h1-29H. The molecule has 0 bridgehead atoms. The minimum atomic E-state index is 0.662. The van der Waals surface area contributed by atoms with Crippen LogP contribution in [-0.2, 0) is 0 Å². The fourth-order valence-electron chi connectivity index (χ4n) is 8.81. The molecule has 0 fully saturated rings. The lowest BCUT2D eigenvalue weighted by atomic mass is 9.97. The third kappa shape index (κ3) is 4.17. The molecule has 54 heavy (non-hydrogen) atoms. The molecule has 0 aliphatic carbocycles. The van der Waals surface area contributed by atoms with Gasteiger partial charge in [0.1, 0.15) is 0 Å². The van der Waals surface area contributed by atoms with Gasteiger partial charge >= 0.3 is 0 Å². The quantitative estimate of drug-likeness (QED) is 0.172. The summed E-state index contributed by atoms with van der Waals surface area (Å²) in [4.78, 5) is 11.1. The van der Waals surface area contributed by atoms with Crippen molar-refractivity contribution in [2.45, 2.75) is 0 Å². The largest absolute Gasteiger partial charge is 0.277 e. The number of aromatic nitrogens is 3. The molecule has 0 unspecified atom stereocenters. The molecular weight excluding hydrogens is 675 g/mol. The van der Waals surface area contributed by atoms with E-state index in [-0.39, 0.29) is 0 Å². The Morgan fingerprint density at radius 2 is 1.02 bits per heavy atom. The highest BCUT2D eigenvalue weighted by Crippen LogP contribution is 2.47. The van der Waals surface area contributed by atoms with Crippen LogP contribution in [0.2, 0.25) is 0 Å². The highest BCUT2D eigenvalue weighted by atomic mass is 32.1. The van der Waals surface area contributed by atoms with E-state index in [0.717, 1.165) is 49.5 Å². The van der Waals surface area contributed by atoms with Gasteiger partial charge in [-0.2, -0.15) is 0 Å². The zero-order valence-electron chi connectivity index (χ0n) is 29.0. The van der Waals surface area contributed by atoms with Gasteiger partial charge in [-0.05, 0) is 45.1 Å². The Balaban J connectivity index is 1.26. The summed E-state index contributed by atoms with van der Waals surface area (Å²) in [6, 6.07) is 63.5. The topological polar surface area (TPSA) is 30.7 Å². The number of hydrogen-bond donors (Lipinski definition) is 0. The molecule has 250 valence electrons. The van der Waals surface area contributed by atoms with Crippen molar-refractivity contribution < 1.29 is 0 Å². The second-order valence-corrected chi connectivity index (χ2v) is 15.1. The third-order valence-corrected chi connectivity index (χ3v) is 12.4. The normalized spacial score (nSPS) is 12.1. The van der Waals surface area contributed by atoms with Crippen LogP contribution >= 0.6 is 11.3 Å². The second-order valence-electron chi connectivity index (χ2n) is 14.1. The van der Waals surface area contributed by atoms with E-state index in [4.69, 9.17) is 9.97 Å². The van der Waals surface area contributed by atoms with Gasteiger partial charge < -0.3 is 0 Å². The molecule has 0 spiro atoms. The summed E-state index contributed by atoms with van der Waals surface area (Å²) in [5.41, 5.74) is 7.51. The number of fused-ring (bicyclic) bond motifs is 13. The van der Waals surface area contributed by atoms with Gasteiger partial charge in [0, 0.05) is 58.4 Å². The van der Waals surface area contributed by atoms with Crippen molar-refractivity contribution in [2.24, 2.45) is 0 Å². The second kappa shape index (κ2) is 11.3. The minimum Gasteiger partial charge on any atom is -0.277 e. The Bertz CT molecular complexity index is 3500. The van der Waals surface area contributed by atoms with E-state index in [1.807, 2.05) is 11.3 Å².